The highest BCUT2D eigenvalue weighted by Gasteiger charge is 2.37. The van der Waals surface area contributed by atoms with Crippen LogP contribution in [0.3, 0.4) is 0 Å². The summed E-state index contributed by atoms with van der Waals surface area (Å²) in [6.45, 7) is 1.95. The first-order valence-corrected chi connectivity index (χ1v) is 4.68. The summed E-state index contributed by atoms with van der Waals surface area (Å²) < 4.78 is 4.54. The van der Waals surface area contributed by atoms with Gasteiger partial charge in [0.1, 0.15) is 5.78 Å². The first kappa shape index (κ1) is 10.2. The van der Waals surface area contributed by atoms with Gasteiger partial charge in [0.25, 0.3) is 0 Å². The Morgan fingerprint density at radius 2 is 2.31 bits per heavy atom. The second-order valence-corrected chi connectivity index (χ2v) is 3.91. The van der Waals surface area contributed by atoms with E-state index >= 15 is 0 Å². The van der Waals surface area contributed by atoms with Crippen molar-refractivity contribution >= 4 is 11.8 Å². The topological polar surface area (TPSA) is 43.4 Å². The van der Waals surface area contributed by atoms with Gasteiger partial charge in [0.2, 0.25) is 0 Å². The van der Waals surface area contributed by atoms with Crippen molar-refractivity contribution in [3.63, 3.8) is 0 Å². The van der Waals surface area contributed by atoms with Crippen molar-refractivity contribution < 1.29 is 14.3 Å². The average molecular weight is 184 g/mol. The molecule has 74 valence electrons. The van der Waals surface area contributed by atoms with E-state index < -0.39 is 0 Å². The minimum atomic E-state index is -0.256. The lowest BCUT2D eigenvalue weighted by atomic mass is 9.83. The van der Waals surface area contributed by atoms with Crippen molar-refractivity contribution in [1.82, 2.24) is 0 Å². The summed E-state index contributed by atoms with van der Waals surface area (Å²) in [5.41, 5.74) is -0.256. The van der Waals surface area contributed by atoms with Crippen molar-refractivity contribution in [2.75, 3.05) is 7.11 Å². The molecular formula is C10H16O3. The van der Waals surface area contributed by atoms with Crippen molar-refractivity contribution in [2.24, 2.45) is 5.41 Å². The van der Waals surface area contributed by atoms with Crippen molar-refractivity contribution in [2.45, 2.75) is 39.0 Å². The van der Waals surface area contributed by atoms with Crippen LogP contribution >= 0.6 is 0 Å². The highest BCUT2D eigenvalue weighted by Crippen LogP contribution is 2.38. The third kappa shape index (κ3) is 2.29. The number of hydrogen-bond donors (Lipinski definition) is 0. The van der Waals surface area contributed by atoms with E-state index in [-0.39, 0.29) is 11.4 Å². The van der Waals surface area contributed by atoms with Gasteiger partial charge in [-0.3, -0.25) is 9.59 Å². The Bertz CT molecular complexity index is 222. The van der Waals surface area contributed by atoms with Crippen LogP contribution in [0.25, 0.3) is 0 Å². The van der Waals surface area contributed by atoms with E-state index in [1.165, 1.54) is 7.11 Å². The molecule has 0 N–H and O–H groups in total. The third-order valence-electron chi connectivity index (χ3n) is 2.91. The SMILES string of the molecule is COC(=O)CC[C@@]1(C)CCCC1=O. The van der Waals surface area contributed by atoms with Crippen LogP contribution in [0.4, 0.5) is 0 Å². The molecule has 13 heavy (non-hydrogen) atoms. The van der Waals surface area contributed by atoms with Crippen LogP contribution in [0.15, 0.2) is 0 Å². The van der Waals surface area contributed by atoms with Gasteiger partial charge in [-0.05, 0) is 19.3 Å². The van der Waals surface area contributed by atoms with Gasteiger partial charge in [-0.25, -0.2) is 0 Å². The molecule has 1 aliphatic rings. The fraction of sp³-hybridized carbons (Fsp3) is 0.800. The predicted octanol–water partition coefficient (Wildman–Crippen LogP) is 1.70. The van der Waals surface area contributed by atoms with E-state index in [1.807, 2.05) is 6.92 Å². The molecule has 1 rings (SSSR count). The van der Waals surface area contributed by atoms with Gasteiger partial charge < -0.3 is 4.74 Å². The van der Waals surface area contributed by atoms with Gasteiger partial charge in [-0.1, -0.05) is 6.92 Å². The highest BCUT2D eigenvalue weighted by atomic mass is 16.5. The molecule has 0 aromatic carbocycles. The summed E-state index contributed by atoms with van der Waals surface area (Å²) in [4.78, 5) is 22.3. The molecule has 0 radical (unpaired) electrons. The molecular weight excluding hydrogens is 168 g/mol. The second-order valence-electron chi connectivity index (χ2n) is 3.91. The van der Waals surface area contributed by atoms with Crippen LogP contribution in [0, 0.1) is 5.41 Å². The Morgan fingerprint density at radius 3 is 2.77 bits per heavy atom. The normalized spacial score (nSPS) is 27.7. The van der Waals surface area contributed by atoms with E-state index in [0.717, 1.165) is 12.8 Å². The molecule has 0 aromatic heterocycles. The molecule has 0 amide bonds. The number of ketones is 1. The van der Waals surface area contributed by atoms with Crippen LogP contribution in [-0.2, 0) is 14.3 Å². The Hall–Kier alpha value is -0.860. The molecule has 0 saturated heterocycles. The molecule has 1 atom stereocenters. The number of carbonyl (C=O) groups excluding carboxylic acids is 2. The fourth-order valence-electron chi connectivity index (χ4n) is 1.82. The third-order valence-corrected chi connectivity index (χ3v) is 2.91. The van der Waals surface area contributed by atoms with Crippen LogP contribution < -0.4 is 0 Å². The van der Waals surface area contributed by atoms with Gasteiger partial charge in [-0.15, -0.1) is 0 Å². The van der Waals surface area contributed by atoms with Crippen LogP contribution in [0.2, 0.25) is 0 Å². The lowest BCUT2D eigenvalue weighted by Gasteiger charge is -2.20. The van der Waals surface area contributed by atoms with Gasteiger partial charge in [0, 0.05) is 18.3 Å². The molecule has 0 unspecified atom stereocenters. The fourth-order valence-corrected chi connectivity index (χ4v) is 1.82. The highest BCUT2D eigenvalue weighted by molar-refractivity contribution is 5.86. The van der Waals surface area contributed by atoms with Crippen molar-refractivity contribution in [1.29, 1.82) is 0 Å². The molecule has 3 nitrogen and oxygen atoms in total. The first-order valence-electron chi connectivity index (χ1n) is 4.68. The molecule has 0 heterocycles. The molecule has 0 aliphatic heterocycles. The summed E-state index contributed by atoms with van der Waals surface area (Å²) >= 11 is 0. The summed E-state index contributed by atoms with van der Waals surface area (Å²) in [6.07, 6.45) is 3.56. The summed E-state index contributed by atoms with van der Waals surface area (Å²) in [7, 11) is 1.38. The largest absolute Gasteiger partial charge is 0.469 e. The maximum absolute atomic E-state index is 11.4. The predicted molar refractivity (Wildman–Crippen MR) is 48.2 cm³/mol. The Balaban J connectivity index is 2.43. The smallest absolute Gasteiger partial charge is 0.305 e. The number of carbonyl (C=O) groups is 2. The number of rotatable bonds is 3. The molecule has 0 spiro atoms. The van der Waals surface area contributed by atoms with Gasteiger partial charge in [0.15, 0.2) is 0 Å². The van der Waals surface area contributed by atoms with Gasteiger partial charge >= 0.3 is 5.97 Å². The summed E-state index contributed by atoms with van der Waals surface area (Å²) in [6, 6.07) is 0. The maximum atomic E-state index is 11.4. The zero-order valence-electron chi connectivity index (χ0n) is 8.26. The number of esters is 1. The van der Waals surface area contributed by atoms with Crippen LogP contribution in [0.5, 0.6) is 0 Å². The molecule has 3 heteroatoms. The second kappa shape index (κ2) is 3.90. The maximum Gasteiger partial charge on any atom is 0.305 e. The number of methoxy groups -OCH3 is 1. The molecule has 1 aliphatic carbocycles. The van der Waals surface area contributed by atoms with E-state index in [4.69, 9.17) is 0 Å². The van der Waals surface area contributed by atoms with E-state index in [1.54, 1.807) is 0 Å². The first-order chi connectivity index (χ1) is 6.08. The van der Waals surface area contributed by atoms with Crippen LogP contribution in [-0.4, -0.2) is 18.9 Å². The Labute approximate surface area is 78.5 Å². The number of ether oxygens (including phenoxy) is 1. The molecule has 0 bridgehead atoms. The molecule has 0 aromatic rings. The van der Waals surface area contributed by atoms with Gasteiger partial charge in [-0.2, -0.15) is 0 Å². The van der Waals surface area contributed by atoms with Gasteiger partial charge in [0.05, 0.1) is 7.11 Å². The monoisotopic (exact) mass is 184 g/mol. The van der Waals surface area contributed by atoms with E-state index in [9.17, 15) is 9.59 Å². The lowest BCUT2D eigenvalue weighted by molar-refractivity contribution is -0.141. The van der Waals surface area contributed by atoms with Crippen LogP contribution in [0.1, 0.15) is 39.0 Å². The van der Waals surface area contributed by atoms with Crippen molar-refractivity contribution in [3.8, 4) is 0 Å². The summed E-state index contributed by atoms with van der Waals surface area (Å²) in [5.74, 6) is 0.0809. The average Bonchev–Trinajstić information content (AvgIpc) is 2.44. The minimum Gasteiger partial charge on any atom is -0.469 e. The molecule has 1 fully saturated rings. The lowest BCUT2D eigenvalue weighted by Crippen LogP contribution is -2.22. The Kier molecular flexibility index (Phi) is 3.07. The zero-order valence-corrected chi connectivity index (χ0v) is 8.26. The zero-order chi connectivity index (χ0) is 9.90. The minimum absolute atomic E-state index is 0.221. The van der Waals surface area contributed by atoms with E-state index in [2.05, 4.69) is 4.74 Å². The molecule has 1 saturated carbocycles. The summed E-state index contributed by atoms with van der Waals surface area (Å²) in [5, 5.41) is 0. The van der Waals surface area contributed by atoms with E-state index in [0.29, 0.717) is 25.0 Å². The Morgan fingerprint density at radius 1 is 1.62 bits per heavy atom. The standard InChI is InChI=1S/C10H16O3/c1-10(6-3-4-8(10)11)7-5-9(12)13-2/h3-7H2,1-2H3/t10-/m1/s1. The number of hydrogen-bond acceptors (Lipinski definition) is 3. The number of Topliss-reactive ketones (excluding diaryl/α,β-unsaturated/α-hetero) is 1. The van der Waals surface area contributed by atoms with Crippen molar-refractivity contribution in [3.05, 3.63) is 0 Å². The quantitative estimate of drug-likeness (QED) is 0.627.